The van der Waals surface area contributed by atoms with Gasteiger partial charge in [0.1, 0.15) is 17.4 Å². The lowest BCUT2D eigenvalue weighted by Gasteiger charge is -2.09. The van der Waals surface area contributed by atoms with Gasteiger partial charge in [-0.05, 0) is 30.3 Å². The molecule has 0 spiro atoms. The van der Waals surface area contributed by atoms with E-state index in [1.165, 1.54) is 13.3 Å². The fraction of sp³-hybridized carbons (Fsp3) is 0.0556. The molecule has 0 bridgehead atoms. The number of nitrogens with zero attached hydrogens (tertiary/aromatic N) is 2. The van der Waals surface area contributed by atoms with Crippen molar-refractivity contribution in [1.29, 1.82) is 5.26 Å². The maximum absolute atomic E-state index is 12.3. The number of nitriles is 1. The van der Waals surface area contributed by atoms with Crippen LogP contribution in [0.15, 0.2) is 60.4 Å². The van der Waals surface area contributed by atoms with Crippen LogP contribution in [0.25, 0.3) is 10.9 Å². The number of benzene rings is 2. The van der Waals surface area contributed by atoms with Crippen LogP contribution >= 0.6 is 0 Å². The Kier molecular flexibility index (Phi) is 4.62. The van der Waals surface area contributed by atoms with Gasteiger partial charge in [0.05, 0.1) is 24.5 Å². The predicted octanol–water partition coefficient (Wildman–Crippen LogP) is 3.03. The largest absolute Gasteiger partial charge is 0.495 e. The maximum atomic E-state index is 12.3. The monoisotopic (exact) mass is 333 g/mol. The number of amides is 1. The Bertz CT molecular complexity index is 984. The average Bonchev–Trinajstić information content (AvgIpc) is 3.10. The number of nitrogens with one attached hydrogen (secondary N) is 3. The lowest BCUT2D eigenvalue weighted by atomic mass is 10.2. The summed E-state index contributed by atoms with van der Waals surface area (Å²) in [5, 5.41) is 22.6. The number of carbonyl (C=O) groups is 1. The number of anilines is 2. The smallest absolute Gasteiger partial charge is 0.267 e. The fourth-order valence-electron chi connectivity index (χ4n) is 2.27. The van der Waals surface area contributed by atoms with Gasteiger partial charge >= 0.3 is 0 Å². The molecule has 3 rings (SSSR count). The molecule has 0 saturated carbocycles. The molecule has 0 unspecified atom stereocenters. The van der Waals surface area contributed by atoms with E-state index in [9.17, 15) is 10.1 Å². The van der Waals surface area contributed by atoms with Gasteiger partial charge in [-0.15, -0.1) is 0 Å². The van der Waals surface area contributed by atoms with Gasteiger partial charge in [-0.2, -0.15) is 10.4 Å². The Balaban J connectivity index is 1.75. The number of carbonyl (C=O) groups excluding carboxylic acids is 1. The van der Waals surface area contributed by atoms with Crippen molar-refractivity contribution in [2.75, 3.05) is 17.7 Å². The highest BCUT2D eigenvalue weighted by Gasteiger charge is 2.12. The second kappa shape index (κ2) is 7.19. The average molecular weight is 333 g/mol. The molecule has 1 heterocycles. The Labute approximate surface area is 143 Å². The van der Waals surface area contributed by atoms with Crippen LogP contribution in [0.5, 0.6) is 5.75 Å². The molecule has 0 saturated heterocycles. The Morgan fingerprint density at radius 2 is 2.16 bits per heavy atom. The van der Waals surface area contributed by atoms with Crippen LogP contribution < -0.4 is 15.4 Å². The first-order valence-corrected chi connectivity index (χ1v) is 7.45. The number of ether oxygens (including phenoxy) is 1. The molecule has 2 aromatic carbocycles. The van der Waals surface area contributed by atoms with E-state index in [-0.39, 0.29) is 5.57 Å². The Hall–Kier alpha value is -3.79. The molecule has 7 heteroatoms. The fourth-order valence-corrected chi connectivity index (χ4v) is 2.27. The molecule has 124 valence electrons. The number of hydrogen-bond acceptors (Lipinski definition) is 5. The first-order valence-electron chi connectivity index (χ1n) is 7.45. The SMILES string of the molecule is COc1ccccc1NC(=O)/C(C#N)=C\Nc1ccc2cn[nH]c2c1. The summed E-state index contributed by atoms with van der Waals surface area (Å²) in [5.41, 5.74) is 2.02. The van der Waals surface area contributed by atoms with Crippen molar-refractivity contribution in [3.8, 4) is 11.8 Å². The molecule has 0 fully saturated rings. The van der Waals surface area contributed by atoms with Crippen molar-refractivity contribution in [2.45, 2.75) is 0 Å². The third-order valence-electron chi connectivity index (χ3n) is 3.55. The Morgan fingerprint density at radius 1 is 1.32 bits per heavy atom. The molecule has 7 nitrogen and oxygen atoms in total. The highest BCUT2D eigenvalue weighted by atomic mass is 16.5. The van der Waals surface area contributed by atoms with Crippen LogP contribution in [-0.4, -0.2) is 23.2 Å². The van der Waals surface area contributed by atoms with Crippen molar-refractivity contribution < 1.29 is 9.53 Å². The van der Waals surface area contributed by atoms with Gasteiger partial charge in [0, 0.05) is 17.3 Å². The number of fused-ring (bicyclic) bond motifs is 1. The van der Waals surface area contributed by atoms with E-state index in [1.54, 1.807) is 30.5 Å². The minimum absolute atomic E-state index is 0.0596. The molecule has 0 atom stereocenters. The minimum Gasteiger partial charge on any atom is -0.495 e. The summed E-state index contributed by atoms with van der Waals surface area (Å²) in [6.07, 6.45) is 3.08. The van der Waals surface area contributed by atoms with E-state index in [0.29, 0.717) is 11.4 Å². The van der Waals surface area contributed by atoms with Crippen molar-refractivity contribution in [3.63, 3.8) is 0 Å². The van der Waals surface area contributed by atoms with E-state index in [0.717, 1.165) is 16.6 Å². The van der Waals surface area contributed by atoms with E-state index in [1.807, 2.05) is 24.3 Å². The summed E-state index contributed by atoms with van der Waals surface area (Å²) in [7, 11) is 1.51. The number of methoxy groups -OCH3 is 1. The van der Waals surface area contributed by atoms with Crippen molar-refractivity contribution in [1.82, 2.24) is 10.2 Å². The topological polar surface area (TPSA) is 103 Å². The first kappa shape index (κ1) is 16.1. The van der Waals surface area contributed by atoms with E-state index < -0.39 is 5.91 Å². The number of para-hydroxylation sites is 2. The first-order chi connectivity index (χ1) is 12.2. The highest BCUT2D eigenvalue weighted by molar-refractivity contribution is 6.07. The van der Waals surface area contributed by atoms with E-state index in [2.05, 4.69) is 20.8 Å². The zero-order valence-electron chi connectivity index (χ0n) is 13.4. The summed E-state index contributed by atoms with van der Waals surface area (Å²) < 4.78 is 5.18. The molecule has 3 aromatic rings. The minimum atomic E-state index is -0.526. The summed E-state index contributed by atoms with van der Waals surface area (Å²) in [4.78, 5) is 12.3. The van der Waals surface area contributed by atoms with Gasteiger partial charge < -0.3 is 15.4 Å². The third kappa shape index (κ3) is 3.59. The quantitative estimate of drug-likeness (QED) is 0.492. The Morgan fingerprint density at radius 3 is 2.96 bits per heavy atom. The standard InChI is InChI=1S/C18H15N5O2/c1-25-17-5-3-2-4-15(17)22-18(24)13(9-19)10-20-14-7-6-12-11-21-23-16(12)8-14/h2-8,10-11,20H,1H3,(H,21,23)(H,22,24)/b13-10-. The normalized spacial score (nSPS) is 11.0. The molecule has 1 amide bonds. The summed E-state index contributed by atoms with van der Waals surface area (Å²) in [6.45, 7) is 0. The summed E-state index contributed by atoms with van der Waals surface area (Å²) in [6, 6.07) is 14.4. The number of aromatic amines is 1. The molecule has 1 aromatic heterocycles. The molecule has 0 radical (unpaired) electrons. The van der Waals surface area contributed by atoms with Gasteiger partial charge in [-0.25, -0.2) is 0 Å². The second-order valence-corrected chi connectivity index (χ2v) is 5.14. The van der Waals surface area contributed by atoms with Gasteiger partial charge in [0.2, 0.25) is 0 Å². The van der Waals surface area contributed by atoms with Crippen molar-refractivity contribution >= 4 is 28.2 Å². The second-order valence-electron chi connectivity index (χ2n) is 5.14. The van der Waals surface area contributed by atoms with E-state index in [4.69, 9.17) is 4.74 Å². The molecule has 0 aliphatic rings. The zero-order chi connectivity index (χ0) is 17.6. The van der Waals surface area contributed by atoms with Crippen LogP contribution in [0.1, 0.15) is 0 Å². The van der Waals surface area contributed by atoms with Crippen LogP contribution in [0.4, 0.5) is 11.4 Å². The van der Waals surface area contributed by atoms with Gasteiger partial charge in [0.15, 0.2) is 0 Å². The van der Waals surface area contributed by atoms with Crippen molar-refractivity contribution in [3.05, 3.63) is 60.4 Å². The zero-order valence-corrected chi connectivity index (χ0v) is 13.4. The molecule has 25 heavy (non-hydrogen) atoms. The maximum Gasteiger partial charge on any atom is 0.267 e. The van der Waals surface area contributed by atoms with Crippen LogP contribution in [0.3, 0.4) is 0 Å². The summed E-state index contributed by atoms with van der Waals surface area (Å²) in [5.74, 6) is -0.00656. The lowest BCUT2D eigenvalue weighted by molar-refractivity contribution is -0.112. The molecular formula is C18H15N5O2. The van der Waals surface area contributed by atoms with E-state index >= 15 is 0 Å². The number of hydrogen-bond donors (Lipinski definition) is 3. The number of rotatable bonds is 5. The van der Waals surface area contributed by atoms with Crippen LogP contribution in [0.2, 0.25) is 0 Å². The highest BCUT2D eigenvalue weighted by Crippen LogP contribution is 2.23. The number of aromatic nitrogens is 2. The van der Waals surface area contributed by atoms with Gasteiger partial charge in [0.25, 0.3) is 5.91 Å². The van der Waals surface area contributed by atoms with Crippen LogP contribution in [-0.2, 0) is 4.79 Å². The summed E-state index contributed by atoms with van der Waals surface area (Å²) >= 11 is 0. The number of H-pyrrole nitrogens is 1. The third-order valence-corrected chi connectivity index (χ3v) is 3.55. The van der Waals surface area contributed by atoms with Gasteiger partial charge in [-0.3, -0.25) is 9.89 Å². The molecular weight excluding hydrogens is 318 g/mol. The molecule has 0 aliphatic heterocycles. The molecule has 3 N–H and O–H groups in total. The molecule has 0 aliphatic carbocycles. The van der Waals surface area contributed by atoms with Crippen molar-refractivity contribution in [2.24, 2.45) is 0 Å². The van der Waals surface area contributed by atoms with Crippen LogP contribution in [0, 0.1) is 11.3 Å². The lowest BCUT2D eigenvalue weighted by Crippen LogP contribution is -2.15. The predicted molar refractivity (Wildman–Crippen MR) is 95.0 cm³/mol. The van der Waals surface area contributed by atoms with Gasteiger partial charge in [-0.1, -0.05) is 12.1 Å².